The van der Waals surface area contributed by atoms with Gasteiger partial charge in [0.1, 0.15) is 5.75 Å². The van der Waals surface area contributed by atoms with Crippen LogP contribution in [0.1, 0.15) is 28.4 Å². The van der Waals surface area contributed by atoms with Gasteiger partial charge < -0.3 is 9.64 Å². The van der Waals surface area contributed by atoms with E-state index in [4.69, 9.17) is 4.74 Å². The number of benzene rings is 3. The molecular weight excluding hydrogens is 532 g/mol. The lowest BCUT2D eigenvalue weighted by Crippen LogP contribution is -2.41. The zero-order valence-electron chi connectivity index (χ0n) is 20.6. The molecule has 0 aliphatic carbocycles. The Bertz CT molecular complexity index is 1610. The van der Waals surface area contributed by atoms with Crippen LogP contribution >= 0.6 is 0 Å². The van der Waals surface area contributed by atoms with Crippen molar-refractivity contribution in [2.45, 2.75) is 29.7 Å². The van der Waals surface area contributed by atoms with Gasteiger partial charge in [-0.05, 0) is 60.0 Å². The van der Waals surface area contributed by atoms with Crippen LogP contribution in [-0.4, -0.2) is 47.2 Å². The Morgan fingerprint density at radius 3 is 2.34 bits per heavy atom. The lowest BCUT2D eigenvalue weighted by Gasteiger charge is -2.28. The number of para-hydroxylation sites is 2. The summed E-state index contributed by atoms with van der Waals surface area (Å²) in [6.45, 7) is 2.31. The Morgan fingerprint density at radius 1 is 0.868 bits per heavy atom. The number of sulfonamides is 2. The molecule has 2 amide bonds. The molecule has 13 heteroatoms. The maximum Gasteiger partial charge on any atom is 0.266 e. The van der Waals surface area contributed by atoms with Gasteiger partial charge in [-0.3, -0.25) is 19.7 Å². The van der Waals surface area contributed by atoms with E-state index in [1.165, 1.54) is 50.4 Å². The number of hydrazine groups is 1. The van der Waals surface area contributed by atoms with Crippen LogP contribution in [0.15, 0.2) is 76.5 Å². The first kappa shape index (κ1) is 27.1. The van der Waals surface area contributed by atoms with Gasteiger partial charge in [0.25, 0.3) is 26.0 Å². The van der Waals surface area contributed by atoms with Crippen LogP contribution < -0.4 is 19.7 Å². The fraction of sp³-hybridized carbons (Fsp3) is 0.200. The molecule has 4 rings (SSSR count). The van der Waals surface area contributed by atoms with Crippen molar-refractivity contribution in [1.29, 1.82) is 0 Å². The summed E-state index contributed by atoms with van der Waals surface area (Å²) in [5.74, 6) is -0.643. The number of amides is 2. The fourth-order valence-electron chi connectivity index (χ4n) is 3.95. The minimum Gasteiger partial charge on any atom is -0.495 e. The quantitative estimate of drug-likeness (QED) is 0.358. The second-order valence-electron chi connectivity index (χ2n) is 8.51. The van der Waals surface area contributed by atoms with E-state index in [-0.39, 0.29) is 26.9 Å². The molecule has 200 valence electrons. The molecule has 0 aromatic heterocycles. The van der Waals surface area contributed by atoms with Crippen LogP contribution in [0.25, 0.3) is 0 Å². The minimum atomic E-state index is -4.15. The molecule has 0 unspecified atom stereocenters. The summed E-state index contributed by atoms with van der Waals surface area (Å²) in [6, 6.07) is 16.2. The third-order valence-corrected chi connectivity index (χ3v) is 8.61. The molecule has 0 saturated carbocycles. The second kappa shape index (κ2) is 10.8. The molecule has 1 heterocycles. The summed E-state index contributed by atoms with van der Waals surface area (Å²) in [6.07, 6.45) is 0.616. The molecule has 11 nitrogen and oxygen atoms in total. The summed E-state index contributed by atoms with van der Waals surface area (Å²) in [5, 5.41) is 0. The topological polar surface area (TPSA) is 151 Å². The van der Waals surface area contributed by atoms with Crippen molar-refractivity contribution in [3.8, 4) is 5.75 Å². The van der Waals surface area contributed by atoms with Crippen molar-refractivity contribution >= 4 is 37.5 Å². The highest BCUT2D eigenvalue weighted by Gasteiger charge is 2.23. The molecule has 0 spiro atoms. The Labute approximate surface area is 220 Å². The van der Waals surface area contributed by atoms with Crippen molar-refractivity contribution in [2.24, 2.45) is 0 Å². The van der Waals surface area contributed by atoms with E-state index in [1.54, 1.807) is 29.2 Å². The van der Waals surface area contributed by atoms with Crippen LogP contribution in [0.5, 0.6) is 5.75 Å². The lowest BCUT2D eigenvalue weighted by molar-refractivity contribution is -0.129. The molecule has 0 saturated heterocycles. The van der Waals surface area contributed by atoms with E-state index in [9.17, 15) is 26.4 Å². The molecule has 1 aliphatic heterocycles. The average molecular weight is 559 g/mol. The molecular formula is C25H26N4O7S2. The predicted octanol–water partition coefficient (Wildman–Crippen LogP) is 2.02. The molecule has 0 atom stereocenters. The van der Waals surface area contributed by atoms with Crippen molar-refractivity contribution < 1.29 is 31.2 Å². The Balaban J connectivity index is 1.47. The van der Waals surface area contributed by atoms with Gasteiger partial charge in [0.2, 0.25) is 5.91 Å². The largest absolute Gasteiger partial charge is 0.495 e. The number of methoxy groups -OCH3 is 1. The van der Waals surface area contributed by atoms with Gasteiger partial charge >= 0.3 is 0 Å². The van der Waals surface area contributed by atoms with E-state index in [0.717, 1.165) is 11.6 Å². The highest BCUT2D eigenvalue weighted by atomic mass is 32.2. The molecule has 0 bridgehead atoms. The number of anilines is 1. The van der Waals surface area contributed by atoms with Gasteiger partial charge in [-0.25, -0.2) is 16.8 Å². The van der Waals surface area contributed by atoms with Gasteiger partial charge in [-0.2, -0.15) is 0 Å². The third-order valence-electron chi connectivity index (χ3n) is 6.00. The normalized spacial score (nSPS) is 13.4. The van der Waals surface area contributed by atoms with Crippen LogP contribution in [0.3, 0.4) is 0 Å². The number of hydrogen-bond acceptors (Lipinski definition) is 7. The summed E-state index contributed by atoms with van der Waals surface area (Å²) in [7, 11) is -6.83. The van der Waals surface area contributed by atoms with Gasteiger partial charge in [-0.1, -0.05) is 24.3 Å². The highest BCUT2D eigenvalue weighted by Crippen LogP contribution is 2.26. The SMILES string of the molecule is COc1ccccc1NS(=O)(=O)c1cccc(C(=O)NNS(=O)(=O)c2ccc3c(c2)CN(C(C)=O)CC3)c1. The summed E-state index contributed by atoms with van der Waals surface area (Å²) >= 11 is 0. The van der Waals surface area contributed by atoms with Gasteiger partial charge in [0.05, 0.1) is 22.6 Å². The van der Waals surface area contributed by atoms with E-state index >= 15 is 0 Å². The van der Waals surface area contributed by atoms with E-state index in [2.05, 4.69) is 10.1 Å². The molecule has 0 fully saturated rings. The monoisotopic (exact) mass is 558 g/mol. The van der Waals surface area contributed by atoms with Crippen LogP contribution in [-0.2, 0) is 37.8 Å². The number of nitrogens with zero attached hydrogens (tertiary/aromatic N) is 1. The standard InChI is InChI=1S/C25H26N4O7S2/c1-17(30)29-13-12-18-10-11-22(15-20(18)16-29)38(34,35)28-26-25(31)19-6-5-7-21(14-19)37(32,33)27-23-8-3-4-9-24(23)36-2/h3-11,14-15,27-28H,12-13,16H2,1-2H3,(H,26,31). The second-order valence-corrected chi connectivity index (χ2v) is 11.9. The summed E-state index contributed by atoms with van der Waals surface area (Å²) in [5.41, 5.74) is 3.91. The molecule has 0 radical (unpaired) electrons. The molecule has 3 N–H and O–H groups in total. The number of rotatable bonds is 8. The third kappa shape index (κ3) is 5.96. The first-order chi connectivity index (χ1) is 18.0. The van der Waals surface area contributed by atoms with E-state index in [0.29, 0.717) is 30.8 Å². The lowest BCUT2D eigenvalue weighted by atomic mass is 10.00. The average Bonchev–Trinajstić information content (AvgIpc) is 2.91. The Kier molecular flexibility index (Phi) is 7.71. The first-order valence-corrected chi connectivity index (χ1v) is 14.4. The van der Waals surface area contributed by atoms with Crippen molar-refractivity contribution in [2.75, 3.05) is 18.4 Å². The number of hydrogen-bond donors (Lipinski definition) is 3. The van der Waals surface area contributed by atoms with Crippen LogP contribution in [0.2, 0.25) is 0 Å². The predicted molar refractivity (Wildman–Crippen MR) is 139 cm³/mol. The zero-order valence-corrected chi connectivity index (χ0v) is 22.2. The molecule has 3 aromatic rings. The fourth-order valence-corrected chi connectivity index (χ4v) is 5.96. The van der Waals surface area contributed by atoms with E-state index < -0.39 is 26.0 Å². The summed E-state index contributed by atoms with van der Waals surface area (Å²) in [4.78, 5) is 27.8. The molecule has 38 heavy (non-hydrogen) atoms. The minimum absolute atomic E-state index is 0.0840. The van der Waals surface area contributed by atoms with E-state index in [1.807, 2.05) is 4.83 Å². The van der Waals surface area contributed by atoms with Gasteiger partial charge in [0.15, 0.2) is 0 Å². The number of nitrogens with one attached hydrogen (secondary N) is 3. The maximum atomic E-state index is 12.9. The van der Waals surface area contributed by atoms with Crippen molar-refractivity contribution in [3.05, 3.63) is 83.4 Å². The Morgan fingerprint density at radius 2 is 1.61 bits per heavy atom. The summed E-state index contributed by atoms with van der Waals surface area (Å²) < 4.78 is 59.0. The number of ether oxygens (including phenoxy) is 1. The molecule has 3 aromatic carbocycles. The maximum absolute atomic E-state index is 12.9. The van der Waals surface area contributed by atoms with Crippen LogP contribution in [0, 0.1) is 0 Å². The Hall–Kier alpha value is -3.94. The van der Waals surface area contributed by atoms with Crippen molar-refractivity contribution in [1.82, 2.24) is 15.2 Å². The highest BCUT2D eigenvalue weighted by molar-refractivity contribution is 7.92. The number of fused-ring (bicyclic) bond motifs is 1. The molecule has 1 aliphatic rings. The number of carbonyl (C=O) groups is 2. The number of carbonyl (C=O) groups excluding carboxylic acids is 2. The van der Waals surface area contributed by atoms with Gasteiger partial charge in [-0.15, -0.1) is 4.83 Å². The first-order valence-electron chi connectivity index (χ1n) is 11.5. The van der Waals surface area contributed by atoms with Crippen LogP contribution in [0.4, 0.5) is 5.69 Å². The zero-order chi connectivity index (χ0) is 27.5. The smallest absolute Gasteiger partial charge is 0.266 e. The van der Waals surface area contributed by atoms with Gasteiger partial charge in [0, 0.05) is 25.6 Å². The van der Waals surface area contributed by atoms with Crippen molar-refractivity contribution in [3.63, 3.8) is 0 Å².